The molecule has 0 fully saturated rings. The molecule has 4 nitrogen and oxygen atoms in total. The monoisotopic (exact) mass is 268 g/mol. The molecule has 1 atom stereocenters. The molecule has 0 aliphatic rings. The largest absolute Gasteiger partial charge is 0.468 e. The van der Waals surface area contributed by atoms with Crippen LogP contribution in [0.4, 0.5) is 0 Å². The Balaban J connectivity index is 2.03. The van der Waals surface area contributed by atoms with Gasteiger partial charge in [-0.3, -0.25) is 4.98 Å². The van der Waals surface area contributed by atoms with Gasteiger partial charge in [0.2, 0.25) is 0 Å². The van der Waals surface area contributed by atoms with Crippen LogP contribution >= 0.6 is 0 Å². The van der Waals surface area contributed by atoms with Gasteiger partial charge in [-0.15, -0.1) is 0 Å². The number of methoxy groups -OCH3 is 1. The fraction of sp³-hybridized carbons (Fsp3) is 0.250. The zero-order valence-corrected chi connectivity index (χ0v) is 11.3. The molecule has 0 aliphatic heterocycles. The maximum Gasteiger partial charge on any atom is 0.188 e. The van der Waals surface area contributed by atoms with E-state index in [-0.39, 0.29) is 12.7 Å². The van der Waals surface area contributed by atoms with Crippen molar-refractivity contribution in [1.82, 2.24) is 4.98 Å². The van der Waals surface area contributed by atoms with Crippen molar-refractivity contribution >= 4 is 0 Å². The Morgan fingerprint density at radius 2 is 2.05 bits per heavy atom. The summed E-state index contributed by atoms with van der Waals surface area (Å²) in [5.74, 6) is 0.569. The summed E-state index contributed by atoms with van der Waals surface area (Å²) in [6.45, 7) is 0.232. The van der Waals surface area contributed by atoms with E-state index in [2.05, 4.69) is 11.1 Å². The molecule has 0 radical (unpaired) electrons. The lowest BCUT2D eigenvalue weighted by molar-refractivity contribution is 0.0511. The third-order valence-corrected chi connectivity index (χ3v) is 2.95. The van der Waals surface area contributed by atoms with E-state index in [9.17, 15) is 5.26 Å². The molecule has 2 aromatic rings. The molecule has 0 saturated carbocycles. The Morgan fingerprint density at radius 1 is 1.25 bits per heavy atom. The number of rotatable bonds is 6. The molecule has 2 rings (SSSR count). The van der Waals surface area contributed by atoms with Crippen LogP contribution in [0.3, 0.4) is 0 Å². The maximum atomic E-state index is 9.29. The van der Waals surface area contributed by atoms with Crippen LogP contribution in [0.25, 0.3) is 0 Å². The minimum absolute atomic E-state index is 0.186. The van der Waals surface area contributed by atoms with Crippen molar-refractivity contribution in [3.05, 3.63) is 59.9 Å². The van der Waals surface area contributed by atoms with E-state index < -0.39 is 0 Å². The number of hydrogen-bond acceptors (Lipinski definition) is 4. The number of pyridine rings is 1. The van der Waals surface area contributed by atoms with Crippen molar-refractivity contribution in [2.75, 3.05) is 13.9 Å². The molecule has 0 saturated heterocycles. The Bertz CT molecular complexity index is 561. The Labute approximate surface area is 118 Å². The highest BCUT2D eigenvalue weighted by Gasteiger charge is 2.11. The van der Waals surface area contributed by atoms with Crippen molar-refractivity contribution in [3.63, 3.8) is 0 Å². The van der Waals surface area contributed by atoms with Crippen LogP contribution < -0.4 is 4.74 Å². The third-order valence-electron chi connectivity index (χ3n) is 2.95. The van der Waals surface area contributed by atoms with Gasteiger partial charge < -0.3 is 9.47 Å². The fourth-order valence-electron chi connectivity index (χ4n) is 1.90. The Hall–Kier alpha value is -2.38. The fourth-order valence-corrected chi connectivity index (χ4v) is 1.90. The summed E-state index contributed by atoms with van der Waals surface area (Å²) in [5.41, 5.74) is 2.03. The molecule has 1 aromatic carbocycles. The molecule has 0 aliphatic carbocycles. The summed E-state index contributed by atoms with van der Waals surface area (Å²) in [5, 5.41) is 9.29. The first kappa shape index (κ1) is 14.0. The van der Waals surface area contributed by atoms with Crippen LogP contribution in [0.15, 0.2) is 48.8 Å². The van der Waals surface area contributed by atoms with Gasteiger partial charge in [0.15, 0.2) is 6.79 Å². The molecule has 1 aromatic heterocycles. The number of hydrogen-bond donors (Lipinski definition) is 0. The van der Waals surface area contributed by atoms with E-state index in [1.807, 2.05) is 36.4 Å². The normalized spacial score (nSPS) is 11.6. The second kappa shape index (κ2) is 7.27. The average Bonchev–Trinajstić information content (AvgIpc) is 2.52. The van der Waals surface area contributed by atoms with Crippen LogP contribution in [0.1, 0.15) is 17.0 Å². The summed E-state index contributed by atoms with van der Waals surface area (Å²) in [4.78, 5) is 4.06. The van der Waals surface area contributed by atoms with E-state index in [1.54, 1.807) is 19.5 Å². The van der Waals surface area contributed by atoms with E-state index in [0.29, 0.717) is 6.42 Å². The molecular formula is C16H16N2O2. The predicted molar refractivity (Wildman–Crippen MR) is 75.2 cm³/mol. The first-order chi connectivity index (χ1) is 9.83. The summed E-state index contributed by atoms with van der Waals surface area (Å²) < 4.78 is 10.2. The number of aromatic nitrogens is 1. The molecule has 4 heteroatoms. The molecule has 0 N–H and O–H groups in total. The molecule has 0 amide bonds. The first-order valence-corrected chi connectivity index (χ1v) is 6.33. The average molecular weight is 268 g/mol. The van der Waals surface area contributed by atoms with E-state index in [1.165, 1.54) is 0 Å². The summed E-state index contributed by atoms with van der Waals surface area (Å²) in [6.07, 6.45) is 4.11. The van der Waals surface area contributed by atoms with Crippen LogP contribution in [0.5, 0.6) is 5.75 Å². The molecule has 20 heavy (non-hydrogen) atoms. The van der Waals surface area contributed by atoms with Gasteiger partial charge in [0, 0.05) is 19.5 Å². The van der Waals surface area contributed by atoms with Gasteiger partial charge in [0.05, 0.1) is 12.0 Å². The Morgan fingerprint density at radius 3 is 2.65 bits per heavy atom. The van der Waals surface area contributed by atoms with Crippen molar-refractivity contribution in [2.24, 2.45) is 0 Å². The lowest BCUT2D eigenvalue weighted by atomic mass is 9.94. The van der Waals surface area contributed by atoms with E-state index >= 15 is 0 Å². The van der Waals surface area contributed by atoms with Crippen LogP contribution in [-0.2, 0) is 11.2 Å². The van der Waals surface area contributed by atoms with Gasteiger partial charge in [0.1, 0.15) is 5.75 Å². The molecule has 0 bridgehead atoms. The lowest BCUT2D eigenvalue weighted by Crippen LogP contribution is -2.02. The van der Waals surface area contributed by atoms with Crippen LogP contribution in [0, 0.1) is 11.3 Å². The molecule has 1 heterocycles. The zero-order valence-electron chi connectivity index (χ0n) is 11.3. The minimum atomic E-state index is -0.186. The second-order valence-electron chi connectivity index (χ2n) is 4.37. The number of ether oxygens (including phenoxy) is 2. The maximum absolute atomic E-state index is 9.29. The quantitative estimate of drug-likeness (QED) is 0.756. The first-order valence-electron chi connectivity index (χ1n) is 6.33. The summed E-state index contributed by atoms with van der Waals surface area (Å²) >= 11 is 0. The second-order valence-corrected chi connectivity index (χ2v) is 4.37. The van der Waals surface area contributed by atoms with Gasteiger partial charge in [-0.25, -0.2) is 0 Å². The SMILES string of the molecule is COCOc1ccc(CC(C#N)c2cccnc2)cc1. The van der Waals surface area contributed by atoms with E-state index in [4.69, 9.17) is 9.47 Å². The van der Waals surface area contributed by atoms with Crippen molar-refractivity contribution in [1.29, 1.82) is 5.26 Å². The van der Waals surface area contributed by atoms with Gasteiger partial charge in [-0.1, -0.05) is 18.2 Å². The topological polar surface area (TPSA) is 55.1 Å². The number of nitriles is 1. The highest BCUT2D eigenvalue weighted by Crippen LogP contribution is 2.21. The molecule has 0 spiro atoms. The zero-order chi connectivity index (χ0) is 14.2. The van der Waals surface area contributed by atoms with Crippen LogP contribution in [0.2, 0.25) is 0 Å². The van der Waals surface area contributed by atoms with E-state index in [0.717, 1.165) is 16.9 Å². The van der Waals surface area contributed by atoms with Crippen molar-refractivity contribution < 1.29 is 9.47 Å². The summed E-state index contributed by atoms with van der Waals surface area (Å²) in [6, 6.07) is 13.8. The number of benzene rings is 1. The van der Waals surface area contributed by atoms with Gasteiger partial charge in [0.25, 0.3) is 0 Å². The van der Waals surface area contributed by atoms with Gasteiger partial charge in [-0.2, -0.15) is 5.26 Å². The standard InChI is InChI=1S/C16H16N2O2/c1-19-12-20-16-6-4-13(5-7-16)9-15(10-17)14-3-2-8-18-11-14/h2-8,11,15H,9,12H2,1H3. The van der Waals surface area contributed by atoms with Crippen molar-refractivity contribution in [3.8, 4) is 11.8 Å². The summed E-state index contributed by atoms with van der Waals surface area (Å²) in [7, 11) is 1.58. The van der Waals surface area contributed by atoms with Crippen LogP contribution in [-0.4, -0.2) is 18.9 Å². The molecular weight excluding hydrogens is 252 g/mol. The smallest absolute Gasteiger partial charge is 0.188 e. The lowest BCUT2D eigenvalue weighted by Gasteiger charge is -2.10. The van der Waals surface area contributed by atoms with Gasteiger partial charge in [-0.05, 0) is 35.7 Å². The highest BCUT2D eigenvalue weighted by molar-refractivity contribution is 5.31. The highest BCUT2D eigenvalue weighted by atomic mass is 16.7. The Kier molecular flexibility index (Phi) is 5.10. The van der Waals surface area contributed by atoms with Crippen molar-refractivity contribution in [2.45, 2.75) is 12.3 Å². The predicted octanol–water partition coefficient (Wildman–Crippen LogP) is 2.91. The third kappa shape index (κ3) is 3.81. The molecule has 102 valence electrons. The van der Waals surface area contributed by atoms with Gasteiger partial charge >= 0.3 is 0 Å². The number of nitrogens with zero attached hydrogens (tertiary/aromatic N) is 2. The molecule has 1 unspecified atom stereocenters. The minimum Gasteiger partial charge on any atom is -0.468 e.